The number of rotatable bonds is 4. The molecule has 1 aliphatic carbocycles. The first-order valence-corrected chi connectivity index (χ1v) is 7.62. The Balaban J connectivity index is 2.33. The Hall–Kier alpha value is -0.260. The summed E-state index contributed by atoms with van der Waals surface area (Å²) >= 11 is 3.47. The highest BCUT2D eigenvalue weighted by Crippen LogP contribution is 2.39. The second-order valence-electron chi connectivity index (χ2n) is 5.60. The summed E-state index contributed by atoms with van der Waals surface area (Å²) < 4.78 is 37.5. The van der Waals surface area contributed by atoms with Crippen molar-refractivity contribution in [1.29, 1.82) is 0 Å². The third-order valence-corrected chi connectivity index (χ3v) is 5.14. The zero-order valence-electron chi connectivity index (χ0n) is 11.3. The van der Waals surface area contributed by atoms with Gasteiger partial charge in [-0.05, 0) is 31.6 Å². The van der Waals surface area contributed by atoms with Gasteiger partial charge in [-0.3, -0.25) is 4.79 Å². The third-order valence-electron chi connectivity index (χ3n) is 3.76. The smallest absolute Gasteiger partial charge is 0.355 e. The molecule has 6 heteroatoms. The van der Waals surface area contributed by atoms with E-state index in [1.165, 1.54) is 0 Å². The van der Waals surface area contributed by atoms with E-state index in [9.17, 15) is 18.0 Å². The quantitative estimate of drug-likeness (QED) is 0.771. The number of hydrogen-bond acceptors (Lipinski definition) is 1. The molecule has 1 fully saturated rings. The predicted molar refractivity (Wildman–Crippen MR) is 72.1 cm³/mol. The van der Waals surface area contributed by atoms with E-state index < -0.39 is 12.1 Å². The number of nitrogens with one attached hydrogen (secondary N) is 1. The number of carbonyl (C=O) groups excluding carboxylic acids is 1. The molecule has 0 saturated heterocycles. The van der Waals surface area contributed by atoms with Crippen molar-refractivity contribution in [3.63, 3.8) is 0 Å². The van der Waals surface area contributed by atoms with Crippen LogP contribution in [0.3, 0.4) is 0 Å². The molecule has 1 aliphatic rings. The molecule has 2 nitrogen and oxygen atoms in total. The Bertz CT molecular complexity index is 299. The molecule has 1 unspecified atom stereocenters. The summed E-state index contributed by atoms with van der Waals surface area (Å²) in [6, 6.07) is 0. The van der Waals surface area contributed by atoms with Crippen LogP contribution in [0, 0.1) is 17.8 Å². The summed E-state index contributed by atoms with van der Waals surface area (Å²) in [5.74, 6) is -1.19. The Kier molecular flexibility index (Phi) is 6.15. The average Bonchev–Trinajstić information content (AvgIpc) is 2.34. The zero-order chi connectivity index (χ0) is 14.6. The lowest BCUT2D eigenvalue weighted by Crippen LogP contribution is -2.38. The van der Waals surface area contributed by atoms with Crippen molar-refractivity contribution in [1.82, 2.24) is 5.32 Å². The maximum absolute atomic E-state index is 12.5. The summed E-state index contributed by atoms with van der Waals surface area (Å²) in [6.45, 7) is 4.61. The minimum Gasteiger partial charge on any atom is -0.355 e. The van der Waals surface area contributed by atoms with E-state index in [1.807, 2.05) is 13.8 Å². The first-order chi connectivity index (χ1) is 8.71. The van der Waals surface area contributed by atoms with Crippen LogP contribution in [-0.4, -0.2) is 23.5 Å². The van der Waals surface area contributed by atoms with Gasteiger partial charge in [-0.15, -0.1) is 0 Å². The van der Waals surface area contributed by atoms with Crippen LogP contribution in [0.15, 0.2) is 0 Å². The van der Waals surface area contributed by atoms with E-state index in [-0.39, 0.29) is 29.5 Å². The largest absolute Gasteiger partial charge is 0.391 e. The third kappa shape index (κ3) is 5.32. The second kappa shape index (κ2) is 6.95. The van der Waals surface area contributed by atoms with E-state index in [0.29, 0.717) is 25.3 Å². The Morgan fingerprint density at radius 2 is 1.79 bits per heavy atom. The molecule has 19 heavy (non-hydrogen) atoms. The topological polar surface area (TPSA) is 29.1 Å². The van der Waals surface area contributed by atoms with Gasteiger partial charge < -0.3 is 5.32 Å². The van der Waals surface area contributed by atoms with E-state index in [2.05, 4.69) is 21.2 Å². The lowest BCUT2D eigenvalue weighted by Gasteiger charge is -2.29. The molecule has 0 aliphatic heterocycles. The fourth-order valence-corrected chi connectivity index (χ4v) is 2.42. The number of hydrogen-bond donors (Lipinski definition) is 1. The summed E-state index contributed by atoms with van der Waals surface area (Å²) in [5, 5.41) is 2.82. The monoisotopic (exact) mass is 343 g/mol. The standard InChI is InChI=1S/C13H21BrF3NO/c1-8(2)11(14)7-18-12(19)9-3-5-10(6-4-9)13(15,16)17/h8-11H,3-7H2,1-2H3,(H,18,19). The molecule has 0 bridgehead atoms. The van der Waals surface area contributed by atoms with Crippen LogP contribution in [0.1, 0.15) is 39.5 Å². The molecule has 0 aromatic rings. The first kappa shape index (κ1) is 16.8. The number of halogens is 4. The number of amides is 1. The summed E-state index contributed by atoms with van der Waals surface area (Å²) in [7, 11) is 0. The molecule has 112 valence electrons. The lowest BCUT2D eigenvalue weighted by atomic mass is 9.81. The Morgan fingerprint density at radius 1 is 1.26 bits per heavy atom. The highest BCUT2D eigenvalue weighted by Gasteiger charge is 2.42. The van der Waals surface area contributed by atoms with Gasteiger partial charge in [-0.25, -0.2) is 0 Å². The van der Waals surface area contributed by atoms with E-state index in [0.717, 1.165) is 0 Å². The fraction of sp³-hybridized carbons (Fsp3) is 0.923. The average molecular weight is 344 g/mol. The van der Waals surface area contributed by atoms with E-state index >= 15 is 0 Å². The lowest BCUT2D eigenvalue weighted by molar-refractivity contribution is -0.184. The van der Waals surface area contributed by atoms with Crippen molar-refractivity contribution in [2.24, 2.45) is 17.8 Å². The van der Waals surface area contributed by atoms with Crippen molar-refractivity contribution in [3.05, 3.63) is 0 Å². The van der Waals surface area contributed by atoms with Gasteiger partial charge >= 0.3 is 6.18 Å². The van der Waals surface area contributed by atoms with Crippen LogP contribution in [0.4, 0.5) is 13.2 Å². The van der Waals surface area contributed by atoms with Crippen LogP contribution >= 0.6 is 15.9 Å². The van der Waals surface area contributed by atoms with Crippen molar-refractivity contribution in [2.75, 3.05) is 6.54 Å². The highest BCUT2D eigenvalue weighted by molar-refractivity contribution is 9.09. The van der Waals surface area contributed by atoms with Crippen LogP contribution in [-0.2, 0) is 4.79 Å². The van der Waals surface area contributed by atoms with Crippen LogP contribution in [0.5, 0.6) is 0 Å². The molecule has 1 saturated carbocycles. The van der Waals surface area contributed by atoms with Crippen LogP contribution in [0.2, 0.25) is 0 Å². The van der Waals surface area contributed by atoms with Crippen molar-refractivity contribution in [3.8, 4) is 0 Å². The molecule has 1 N–H and O–H groups in total. The molecule has 0 radical (unpaired) electrons. The van der Waals surface area contributed by atoms with Crippen molar-refractivity contribution < 1.29 is 18.0 Å². The maximum Gasteiger partial charge on any atom is 0.391 e. The molecule has 0 aromatic carbocycles. The van der Waals surface area contributed by atoms with Crippen molar-refractivity contribution in [2.45, 2.75) is 50.5 Å². The summed E-state index contributed by atoms with van der Waals surface area (Å²) in [4.78, 5) is 12.1. The van der Waals surface area contributed by atoms with Gasteiger partial charge in [0.2, 0.25) is 5.91 Å². The molecule has 0 heterocycles. The molecular formula is C13H21BrF3NO. The van der Waals surface area contributed by atoms with E-state index in [1.54, 1.807) is 0 Å². The molecular weight excluding hydrogens is 323 g/mol. The van der Waals surface area contributed by atoms with Crippen LogP contribution < -0.4 is 5.32 Å². The molecule has 1 atom stereocenters. The Labute approximate surface area is 120 Å². The van der Waals surface area contributed by atoms with Gasteiger partial charge in [-0.2, -0.15) is 13.2 Å². The van der Waals surface area contributed by atoms with Gasteiger partial charge in [0.1, 0.15) is 0 Å². The predicted octanol–water partition coefficient (Wildman–Crippen LogP) is 3.89. The highest BCUT2D eigenvalue weighted by atomic mass is 79.9. The molecule has 1 rings (SSSR count). The molecule has 1 amide bonds. The fourth-order valence-electron chi connectivity index (χ4n) is 2.26. The summed E-state index contributed by atoms with van der Waals surface area (Å²) in [5.41, 5.74) is 0. The minimum atomic E-state index is -4.11. The van der Waals surface area contributed by atoms with Gasteiger partial charge in [-0.1, -0.05) is 29.8 Å². The second-order valence-corrected chi connectivity index (χ2v) is 6.77. The summed E-state index contributed by atoms with van der Waals surface area (Å²) in [6.07, 6.45) is -3.29. The molecule has 0 aromatic heterocycles. The van der Waals surface area contributed by atoms with Gasteiger partial charge in [0.05, 0.1) is 5.92 Å². The number of carbonyl (C=O) groups is 1. The number of alkyl halides is 4. The van der Waals surface area contributed by atoms with Gasteiger partial charge in [0, 0.05) is 17.3 Å². The van der Waals surface area contributed by atoms with Crippen molar-refractivity contribution >= 4 is 21.8 Å². The first-order valence-electron chi connectivity index (χ1n) is 6.70. The Morgan fingerprint density at radius 3 is 2.21 bits per heavy atom. The molecule has 0 spiro atoms. The normalized spacial score (nSPS) is 26.3. The van der Waals surface area contributed by atoms with E-state index in [4.69, 9.17) is 0 Å². The minimum absolute atomic E-state index is 0.0729. The zero-order valence-corrected chi connectivity index (χ0v) is 12.9. The SMILES string of the molecule is CC(C)C(Br)CNC(=O)C1CCC(C(F)(F)F)CC1. The van der Waals surface area contributed by atoms with Gasteiger partial charge in [0.15, 0.2) is 0 Å². The van der Waals surface area contributed by atoms with Crippen LogP contribution in [0.25, 0.3) is 0 Å². The van der Waals surface area contributed by atoms with Gasteiger partial charge in [0.25, 0.3) is 0 Å². The maximum atomic E-state index is 12.5.